The molecule has 5 rings (SSSR count). The summed E-state index contributed by atoms with van der Waals surface area (Å²) in [6, 6.07) is 12.6. The van der Waals surface area contributed by atoms with Crippen molar-refractivity contribution in [3.63, 3.8) is 0 Å². The van der Waals surface area contributed by atoms with E-state index in [1.807, 2.05) is 6.07 Å². The number of hydrogen-bond donors (Lipinski definition) is 0. The summed E-state index contributed by atoms with van der Waals surface area (Å²) in [6.45, 7) is 6.55. The Kier molecular flexibility index (Phi) is 6.62. The van der Waals surface area contributed by atoms with Gasteiger partial charge < -0.3 is 18.9 Å². The van der Waals surface area contributed by atoms with Crippen LogP contribution in [0.3, 0.4) is 0 Å². The average Bonchev–Trinajstić information content (AvgIpc) is 2.88. The van der Waals surface area contributed by atoms with Gasteiger partial charge in [-0.3, -0.25) is 10.1 Å². The molecule has 176 valence electrons. The minimum absolute atomic E-state index is 0.0509. The number of benzene rings is 2. The molecule has 3 aliphatic heterocycles. The number of hydrogen-bond acceptors (Lipinski definition) is 7. The molecule has 3 heterocycles. The van der Waals surface area contributed by atoms with Crippen molar-refractivity contribution in [3.05, 3.63) is 52.6 Å². The van der Waals surface area contributed by atoms with Gasteiger partial charge in [-0.1, -0.05) is 0 Å². The molecule has 0 saturated carbocycles. The summed E-state index contributed by atoms with van der Waals surface area (Å²) in [5.74, 6) is 1.46. The van der Waals surface area contributed by atoms with Crippen molar-refractivity contribution in [1.29, 1.82) is 0 Å². The van der Waals surface area contributed by atoms with Crippen LogP contribution in [0.5, 0.6) is 11.5 Å². The molecule has 33 heavy (non-hydrogen) atoms. The van der Waals surface area contributed by atoms with Gasteiger partial charge in [-0.2, -0.15) is 0 Å². The van der Waals surface area contributed by atoms with Gasteiger partial charge in [-0.05, 0) is 30.3 Å². The molecule has 10 nitrogen and oxygen atoms in total. The predicted octanol–water partition coefficient (Wildman–Crippen LogP) is 3.02. The molecule has 2 aromatic rings. The molecule has 0 atom stereocenters. The third-order valence-electron chi connectivity index (χ3n) is 5.95. The molecule has 0 aliphatic carbocycles. The summed E-state index contributed by atoms with van der Waals surface area (Å²) >= 11 is 0. The lowest BCUT2D eigenvalue weighted by Crippen LogP contribution is -2.46. The highest BCUT2D eigenvalue weighted by molar-refractivity contribution is 7.69. The van der Waals surface area contributed by atoms with Crippen LogP contribution in [0, 0.1) is 10.1 Å². The number of nitrogens with zero attached hydrogens (tertiary/aromatic N) is 4. The van der Waals surface area contributed by atoms with Crippen molar-refractivity contribution in [1.82, 2.24) is 9.34 Å². The van der Waals surface area contributed by atoms with E-state index in [-0.39, 0.29) is 5.69 Å². The topological polar surface area (TPSA) is 98.9 Å². The number of ether oxygens (including phenoxy) is 4. The molecular formula is C22H27N4O6P. The minimum atomic E-state index is -2.48. The highest BCUT2D eigenvalue weighted by Gasteiger charge is 2.39. The second-order valence-electron chi connectivity index (χ2n) is 7.90. The maximum absolute atomic E-state index is 11.2. The SMILES string of the molecule is O=[N+]([O-])c1ccc(N=P(c2ccc3c(c2)OCCO3)(N2CCOCC2)N2CCOCC2)cc1. The Morgan fingerprint density at radius 3 is 1.94 bits per heavy atom. The van der Waals surface area contributed by atoms with E-state index in [4.69, 9.17) is 23.7 Å². The fourth-order valence-corrected chi connectivity index (χ4v) is 8.22. The Bertz CT molecular complexity index is 1030. The summed E-state index contributed by atoms with van der Waals surface area (Å²) in [5, 5.41) is 12.2. The fourth-order valence-electron chi connectivity index (χ4n) is 4.38. The predicted molar refractivity (Wildman–Crippen MR) is 124 cm³/mol. The van der Waals surface area contributed by atoms with Crippen LogP contribution in [0.4, 0.5) is 11.4 Å². The van der Waals surface area contributed by atoms with E-state index in [0.29, 0.717) is 45.3 Å². The molecule has 0 radical (unpaired) electrons. The molecule has 2 saturated heterocycles. The number of nitro benzene ring substituents is 1. The van der Waals surface area contributed by atoms with Gasteiger partial charge in [0.05, 0.1) is 37.0 Å². The van der Waals surface area contributed by atoms with Gasteiger partial charge >= 0.3 is 0 Å². The van der Waals surface area contributed by atoms with Gasteiger partial charge in [-0.15, -0.1) is 0 Å². The van der Waals surface area contributed by atoms with Gasteiger partial charge in [0, 0.05) is 43.6 Å². The quantitative estimate of drug-likeness (QED) is 0.371. The largest absolute Gasteiger partial charge is 0.486 e. The maximum atomic E-state index is 11.2. The van der Waals surface area contributed by atoms with Gasteiger partial charge in [0.1, 0.15) is 20.6 Å². The second-order valence-corrected chi connectivity index (χ2v) is 10.9. The lowest BCUT2D eigenvalue weighted by molar-refractivity contribution is -0.384. The highest BCUT2D eigenvalue weighted by atomic mass is 31.2. The van der Waals surface area contributed by atoms with Crippen molar-refractivity contribution in [2.45, 2.75) is 0 Å². The Morgan fingerprint density at radius 1 is 0.788 bits per heavy atom. The van der Waals surface area contributed by atoms with Gasteiger partial charge in [0.25, 0.3) is 5.69 Å². The first-order valence-corrected chi connectivity index (χ1v) is 12.7. The van der Waals surface area contributed by atoms with E-state index in [1.54, 1.807) is 12.1 Å². The van der Waals surface area contributed by atoms with Crippen LogP contribution in [0.15, 0.2) is 47.2 Å². The second kappa shape index (κ2) is 9.79. The minimum Gasteiger partial charge on any atom is -0.486 e. The standard InChI is InChI=1S/C22H27N4O6P/c27-26(28)19-3-1-18(2-4-19)23-33(24-7-11-29-12-8-24,25-9-13-30-14-10-25)20-5-6-21-22(17-20)32-16-15-31-21/h1-6,17H,7-16H2. The smallest absolute Gasteiger partial charge is 0.269 e. The Balaban J connectivity index is 1.70. The number of non-ortho nitro benzene ring substituents is 1. The maximum Gasteiger partial charge on any atom is 0.269 e. The number of morpholine rings is 2. The Labute approximate surface area is 192 Å². The number of rotatable bonds is 5. The zero-order valence-corrected chi connectivity index (χ0v) is 19.2. The van der Waals surface area contributed by atoms with Crippen molar-refractivity contribution >= 4 is 24.0 Å². The van der Waals surface area contributed by atoms with E-state index >= 15 is 0 Å². The summed E-state index contributed by atoms with van der Waals surface area (Å²) in [4.78, 5) is 10.8. The molecule has 2 aromatic carbocycles. The molecule has 0 spiro atoms. The monoisotopic (exact) mass is 474 g/mol. The van der Waals surface area contributed by atoms with Crippen molar-refractivity contribution < 1.29 is 23.9 Å². The van der Waals surface area contributed by atoms with E-state index in [0.717, 1.165) is 43.0 Å². The normalized spacial score (nSPS) is 19.8. The zero-order chi connectivity index (χ0) is 22.7. The van der Waals surface area contributed by atoms with Crippen LogP contribution in [0.25, 0.3) is 0 Å². The average molecular weight is 474 g/mol. The summed E-state index contributed by atoms with van der Waals surface area (Å²) in [6.07, 6.45) is 0. The first-order valence-electron chi connectivity index (χ1n) is 11.1. The molecule has 0 N–H and O–H groups in total. The van der Waals surface area contributed by atoms with Crippen LogP contribution < -0.4 is 14.8 Å². The lowest BCUT2D eigenvalue weighted by atomic mass is 10.3. The van der Waals surface area contributed by atoms with Crippen LogP contribution >= 0.6 is 7.36 Å². The van der Waals surface area contributed by atoms with Gasteiger partial charge in [0.2, 0.25) is 0 Å². The molecule has 0 bridgehead atoms. The molecule has 0 unspecified atom stereocenters. The van der Waals surface area contributed by atoms with Crippen molar-refractivity contribution in [2.24, 2.45) is 4.74 Å². The fraction of sp³-hybridized carbons (Fsp3) is 0.455. The summed E-state index contributed by atoms with van der Waals surface area (Å²) < 4.78 is 33.3. The van der Waals surface area contributed by atoms with E-state index in [9.17, 15) is 10.1 Å². The van der Waals surface area contributed by atoms with Crippen LogP contribution in [-0.4, -0.2) is 80.1 Å². The molecular weight excluding hydrogens is 447 g/mol. The highest BCUT2D eigenvalue weighted by Crippen LogP contribution is 2.58. The zero-order valence-electron chi connectivity index (χ0n) is 18.3. The van der Waals surface area contributed by atoms with E-state index in [2.05, 4.69) is 21.5 Å². The first kappa shape index (κ1) is 22.3. The van der Waals surface area contributed by atoms with Gasteiger partial charge in [-0.25, -0.2) is 14.1 Å². The third-order valence-corrected chi connectivity index (χ3v) is 9.81. The van der Waals surface area contributed by atoms with Crippen LogP contribution in [-0.2, 0) is 9.47 Å². The van der Waals surface area contributed by atoms with E-state index in [1.165, 1.54) is 12.1 Å². The first-order chi connectivity index (χ1) is 16.2. The molecule has 0 aromatic heterocycles. The van der Waals surface area contributed by atoms with E-state index < -0.39 is 12.3 Å². The third kappa shape index (κ3) is 4.49. The summed E-state index contributed by atoms with van der Waals surface area (Å²) in [7, 11) is -2.48. The Hall–Kier alpha value is -2.49. The van der Waals surface area contributed by atoms with Crippen molar-refractivity contribution in [3.8, 4) is 11.5 Å². The molecule has 3 aliphatic rings. The Morgan fingerprint density at radius 2 is 1.36 bits per heavy atom. The van der Waals surface area contributed by atoms with Crippen LogP contribution in [0.2, 0.25) is 0 Å². The van der Waals surface area contributed by atoms with Gasteiger partial charge in [0.15, 0.2) is 11.5 Å². The molecule has 11 heteroatoms. The number of fused-ring (bicyclic) bond motifs is 1. The number of nitro groups is 1. The molecule has 0 amide bonds. The van der Waals surface area contributed by atoms with Crippen molar-refractivity contribution in [2.75, 3.05) is 65.8 Å². The lowest BCUT2D eigenvalue weighted by Gasteiger charge is -2.46. The van der Waals surface area contributed by atoms with Crippen LogP contribution in [0.1, 0.15) is 0 Å². The summed E-state index contributed by atoms with van der Waals surface area (Å²) in [5.41, 5.74) is 0.761. The molecule has 2 fully saturated rings.